The summed E-state index contributed by atoms with van der Waals surface area (Å²) in [5.74, 6) is -2.94. The number of carbonyl (C=O) groups excluding carboxylic acids is 1. The molecule has 0 fully saturated rings. The number of nitrogens with zero attached hydrogens (tertiary/aromatic N) is 2. The SMILES string of the molecule is CCn1c(C(=O)NS(=O)(=O)c2ccccc2OC)nc(-c2c(F)cccc2F)c1C. The number of carbonyl (C=O) groups is 1. The lowest BCUT2D eigenvalue weighted by Crippen LogP contribution is -2.33. The van der Waals surface area contributed by atoms with Crippen LogP contribution in [0.4, 0.5) is 8.78 Å². The predicted octanol–water partition coefficient (Wildman–Crippen LogP) is 3.28. The van der Waals surface area contributed by atoms with E-state index in [1.807, 2.05) is 4.72 Å². The van der Waals surface area contributed by atoms with Crippen LogP contribution in [0.15, 0.2) is 47.4 Å². The van der Waals surface area contributed by atoms with Gasteiger partial charge in [0.05, 0.1) is 18.4 Å². The Kier molecular flexibility index (Phi) is 5.88. The predicted molar refractivity (Wildman–Crippen MR) is 106 cm³/mol. The third-order valence-corrected chi connectivity index (χ3v) is 5.90. The van der Waals surface area contributed by atoms with Crippen molar-refractivity contribution in [2.24, 2.45) is 0 Å². The fourth-order valence-electron chi connectivity index (χ4n) is 3.12. The number of imidazole rings is 1. The summed E-state index contributed by atoms with van der Waals surface area (Å²) in [5, 5.41) is 0. The quantitative estimate of drug-likeness (QED) is 0.642. The van der Waals surface area contributed by atoms with E-state index in [-0.39, 0.29) is 34.3 Å². The van der Waals surface area contributed by atoms with Crippen molar-refractivity contribution in [1.82, 2.24) is 14.3 Å². The second-order valence-corrected chi connectivity index (χ2v) is 7.95. The second-order valence-electron chi connectivity index (χ2n) is 6.30. The van der Waals surface area contributed by atoms with Gasteiger partial charge in [0.1, 0.15) is 22.3 Å². The van der Waals surface area contributed by atoms with Crippen LogP contribution in [-0.4, -0.2) is 31.0 Å². The topological polar surface area (TPSA) is 90.3 Å². The third kappa shape index (κ3) is 3.78. The molecule has 0 atom stereocenters. The van der Waals surface area contributed by atoms with Crippen molar-refractivity contribution in [2.45, 2.75) is 25.3 Å². The molecule has 0 radical (unpaired) electrons. The molecular weight excluding hydrogens is 416 g/mol. The number of hydrogen-bond acceptors (Lipinski definition) is 5. The van der Waals surface area contributed by atoms with Crippen LogP contribution in [0.3, 0.4) is 0 Å². The molecule has 30 heavy (non-hydrogen) atoms. The number of methoxy groups -OCH3 is 1. The molecule has 7 nitrogen and oxygen atoms in total. The van der Waals surface area contributed by atoms with E-state index in [2.05, 4.69) is 4.98 Å². The molecule has 2 aromatic carbocycles. The van der Waals surface area contributed by atoms with Crippen molar-refractivity contribution in [3.63, 3.8) is 0 Å². The molecule has 0 aliphatic heterocycles. The Balaban J connectivity index is 2.05. The molecule has 0 saturated heterocycles. The molecule has 0 unspecified atom stereocenters. The highest BCUT2D eigenvalue weighted by Gasteiger charge is 2.28. The molecule has 1 aromatic heterocycles. The average Bonchev–Trinajstić information content (AvgIpc) is 3.04. The minimum atomic E-state index is -4.29. The molecule has 0 spiro atoms. The maximum atomic E-state index is 14.2. The van der Waals surface area contributed by atoms with Crippen molar-refractivity contribution in [3.05, 3.63) is 65.6 Å². The van der Waals surface area contributed by atoms with Gasteiger partial charge in [0.2, 0.25) is 5.82 Å². The number of para-hydroxylation sites is 1. The first kappa shape index (κ1) is 21.4. The maximum Gasteiger partial charge on any atom is 0.301 e. The lowest BCUT2D eigenvalue weighted by Gasteiger charge is -2.11. The highest BCUT2D eigenvalue weighted by Crippen LogP contribution is 2.29. The highest BCUT2D eigenvalue weighted by molar-refractivity contribution is 7.90. The molecule has 0 bridgehead atoms. The van der Waals surface area contributed by atoms with Crippen LogP contribution in [0, 0.1) is 18.6 Å². The Morgan fingerprint density at radius 3 is 2.37 bits per heavy atom. The normalized spacial score (nSPS) is 11.4. The molecule has 1 heterocycles. The molecule has 158 valence electrons. The van der Waals surface area contributed by atoms with Gasteiger partial charge in [0.15, 0.2) is 0 Å². The lowest BCUT2D eigenvalue weighted by atomic mass is 10.1. The van der Waals surface area contributed by atoms with Crippen LogP contribution in [-0.2, 0) is 16.6 Å². The summed E-state index contributed by atoms with van der Waals surface area (Å²) < 4.78 is 62.2. The van der Waals surface area contributed by atoms with Crippen molar-refractivity contribution >= 4 is 15.9 Å². The van der Waals surface area contributed by atoms with E-state index < -0.39 is 27.6 Å². The standard InChI is InChI=1S/C20H19F2N3O4S/c1-4-25-12(2)18(17-13(21)8-7-9-14(17)22)23-19(25)20(26)24-30(27,28)16-11-6-5-10-15(16)29-3/h5-11H,4H2,1-3H3,(H,24,26). The summed E-state index contributed by atoms with van der Waals surface area (Å²) in [5.41, 5.74) is -0.141. The van der Waals surface area contributed by atoms with Crippen molar-refractivity contribution < 1.29 is 26.7 Å². The van der Waals surface area contributed by atoms with Crippen LogP contribution in [0.5, 0.6) is 5.75 Å². The van der Waals surface area contributed by atoms with Crippen LogP contribution in [0.2, 0.25) is 0 Å². The summed E-state index contributed by atoms with van der Waals surface area (Å²) in [6, 6.07) is 9.17. The highest BCUT2D eigenvalue weighted by atomic mass is 32.2. The number of sulfonamides is 1. The van der Waals surface area contributed by atoms with Crippen LogP contribution in [0.25, 0.3) is 11.3 Å². The zero-order chi connectivity index (χ0) is 22.1. The zero-order valence-electron chi connectivity index (χ0n) is 16.4. The third-order valence-electron chi connectivity index (χ3n) is 4.53. The van der Waals surface area contributed by atoms with Crippen molar-refractivity contribution in [2.75, 3.05) is 7.11 Å². The van der Waals surface area contributed by atoms with Crippen molar-refractivity contribution in [1.29, 1.82) is 0 Å². The molecule has 0 aliphatic rings. The molecule has 1 N–H and O–H groups in total. The number of benzene rings is 2. The van der Waals surface area contributed by atoms with Crippen LogP contribution < -0.4 is 9.46 Å². The number of amides is 1. The van der Waals surface area contributed by atoms with E-state index in [1.54, 1.807) is 19.9 Å². The summed E-state index contributed by atoms with van der Waals surface area (Å²) in [4.78, 5) is 16.6. The summed E-state index contributed by atoms with van der Waals surface area (Å²) in [6.45, 7) is 3.47. The largest absolute Gasteiger partial charge is 0.495 e. The van der Waals surface area contributed by atoms with E-state index in [0.717, 1.165) is 12.1 Å². The number of nitrogens with one attached hydrogen (secondary N) is 1. The average molecular weight is 435 g/mol. The molecular formula is C20H19F2N3O4S. The van der Waals surface area contributed by atoms with Gasteiger partial charge in [0, 0.05) is 12.2 Å². The summed E-state index contributed by atoms with van der Waals surface area (Å²) in [7, 11) is -2.98. The van der Waals surface area contributed by atoms with Crippen LogP contribution >= 0.6 is 0 Å². The Morgan fingerprint density at radius 2 is 1.77 bits per heavy atom. The molecule has 1 amide bonds. The number of ether oxygens (including phenoxy) is 1. The van der Waals surface area contributed by atoms with Gasteiger partial charge < -0.3 is 9.30 Å². The Morgan fingerprint density at radius 1 is 1.13 bits per heavy atom. The number of hydrogen-bond donors (Lipinski definition) is 1. The zero-order valence-corrected chi connectivity index (χ0v) is 17.3. The number of aromatic nitrogens is 2. The van der Waals surface area contributed by atoms with Gasteiger partial charge >= 0.3 is 5.91 Å². The van der Waals surface area contributed by atoms with Gasteiger partial charge in [-0.3, -0.25) is 4.79 Å². The molecule has 3 rings (SSSR count). The minimum Gasteiger partial charge on any atom is -0.495 e. The fourth-order valence-corrected chi connectivity index (χ4v) is 4.24. The van der Waals surface area contributed by atoms with Crippen LogP contribution in [0.1, 0.15) is 23.2 Å². The van der Waals surface area contributed by atoms with Gasteiger partial charge in [-0.05, 0) is 38.1 Å². The van der Waals surface area contributed by atoms with Crippen molar-refractivity contribution in [3.8, 4) is 17.0 Å². The number of rotatable bonds is 6. The van der Waals surface area contributed by atoms with Gasteiger partial charge in [-0.25, -0.2) is 26.9 Å². The summed E-state index contributed by atoms with van der Waals surface area (Å²) >= 11 is 0. The van der Waals surface area contributed by atoms with E-state index >= 15 is 0 Å². The fraction of sp³-hybridized carbons (Fsp3) is 0.200. The molecule has 10 heteroatoms. The molecule has 0 aliphatic carbocycles. The smallest absolute Gasteiger partial charge is 0.301 e. The van der Waals surface area contributed by atoms with Gasteiger partial charge in [0.25, 0.3) is 10.0 Å². The Bertz CT molecular complexity index is 1200. The maximum absolute atomic E-state index is 14.2. The van der Waals surface area contributed by atoms with E-state index in [0.29, 0.717) is 5.69 Å². The van der Waals surface area contributed by atoms with E-state index in [1.165, 1.54) is 35.9 Å². The van der Waals surface area contributed by atoms with E-state index in [4.69, 9.17) is 4.74 Å². The van der Waals surface area contributed by atoms with Gasteiger partial charge in [-0.15, -0.1) is 0 Å². The summed E-state index contributed by atoms with van der Waals surface area (Å²) in [6.07, 6.45) is 0. The number of halogens is 2. The Labute approximate surface area is 172 Å². The van der Waals surface area contributed by atoms with Gasteiger partial charge in [-0.2, -0.15) is 0 Å². The Hall–Kier alpha value is -3.27. The first-order valence-corrected chi connectivity index (χ1v) is 10.4. The first-order valence-electron chi connectivity index (χ1n) is 8.93. The second kappa shape index (κ2) is 8.23. The first-order chi connectivity index (χ1) is 14.2. The lowest BCUT2D eigenvalue weighted by molar-refractivity contribution is 0.0967. The molecule has 3 aromatic rings. The van der Waals surface area contributed by atoms with Gasteiger partial charge in [-0.1, -0.05) is 18.2 Å². The van der Waals surface area contributed by atoms with E-state index in [9.17, 15) is 22.0 Å². The minimum absolute atomic E-state index is 0.0573. The molecule has 0 saturated carbocycles. The monoisotopic (exact) mass is 435 g/mol.